The minimum Gasteiger partial charge on any atom is -0.480 e. The van der Waals surface area contributed by atoms with Crippen LogP contribution in [0, 0.1) is 0 Å². The van der Waals surface area contributed by atoms with Crippen molar-refractivity contribution in [3.8, 4) is 0 Å². The van der Waals surface area contributed by atoms with Gasteiger partial charge >= 0.3 is 5.97 Å². The number of rotatable bonds is 4. The first-order valence-corrected chi connectivity index (χ1v) is 6.01. The van der Waals surface area contributed by atoms with Gasteiger partial charge in [-0.05, 0) is 6.07 Å². The summed E-state index contributed by atoms with van der Waals surface area (Å²) in [6.45, 7) is 3.02. The van der Waals surface area contributed by atoms with Crippen LogP contribution < -0.4 is 10.9 Å². The molecule has 2 heterocycles. The quantitative estimate of drug-likeness (QED) is 0.733. The first-order valence-electron chi connectivity index (χ1n) is 6.01. The third-order valence-electron chi connectivity index (χ3n) is 3.17. The molecular formula is C12H17N3O3. The van der Waals surface area contributed by atoms with E-state index < -0.39 is 12.0 Å². The van der Waals surface area contributed by atoms with Gasteiger partial charge in [0.25, 0.3) is 5.56 Å². The summed E-state index contributed by atoms with van der Waals surface area (Å²) in [4.78, 5) is 24.5. The van der Waals surface area contributed by atoms with Gasteiger partial charge in [0.05, 0.1) is 0 Å². The van der Waals surface area contributed by atoms with Crippen LogP contribution in [-0.4, -0.2) is 52.8 Å². The molecule has 1 aliphatic rings. The SMILES string of the molecule is O=C(O)C1CNCCN1CCn1ccccc1=O. The van der Waals surface area contributed by atoms with E-state index in [-0.39, 0.29) is 5.56 Å². The standard InChI is InChI=1S/C12H17N3O3/c16-11-3-1-2-5-15(11)8-7-14-6-4-13-9-10(14)12(17)18/h1-3,5,10,13H,4,6-9H2,(H,17,18). The van der Waals surface area contributed by atoms with Gasteiger partial charge in [0, 0.05) is 45.0 Å². The summed E-state index contributed by atoms with van der Waals surface area (Å²) in [6, 6.07) is 4.50. The van der Waals surface area contributed by atoms with E-state index in [0.29, 0.717) is 26.2 Å². The van der Waals surface area contributed by atoms with Crippen molar-refractivity contribution in [3.63, 3.8) is 0 Å². The maximum Gasteiger partial charge on any atom is 0.322 e. The summed E-state index contributed by atoms with van der Waals surface area (Å²) >= 11 is 0. The van der Waals surface area contributed by atoms with Crippen LogP contribution >= 0.6 is 0 Å². The van der Waals surface area contributed by atoms with Gasteiger partial charge in [-0.25, -0.2) is 0 Å². The molecule has 0 radical (unpaired) electrons. The predicted molar refractivity (Wildman–Crippen MR) is 66.6 cm³/mol. The van der Waals surface area contributed by atoms with Gasteiger partial charge < -0.3 is 15.0 Å². The Morgan fingerprint density at radius 1 is 1.44 bits per heavy atom. The lowest BCUT2D eigenvalue weighted by Crippen LogP contribution is -2.55. The number of hydrogen-bond acceptors (Lipinski definition) is 4. The molecule has 98 valence electrons. The van der Waals surface area contributed by atoms with Crippen LogP contribution in [0.1, 0.15) is 0 Å². The Morgan fingerprint density at radius 3 is 3.00 bits per heavy atom. The van der Waals surface area contributed by atoms with Crippen molar-refractivity contribution in [3.05, 3.63) is 34.7 Å². The van der Waals surface area contributed by atoms with Gasteiger partial charge in [0.15, 0.2) is 0 Å². The Labute approximate surface area is 105 Å². The lowest BCUT2D eigenvalue weighted by molar-refractivity contribution is -0.144. The molecule has 2 N–H and O–H groups in total. The number of nitrogens with zero attached hydrogens (tertiary/aromatic N) is 2. The highest BCUT2D eigenvalue weighted by atomic mass is 16.4. The maximum atomic E-state index is 11.5. The van der Waals surface area contributed by atoms with E-state index in [0.717, 1.165) is 6.54 Å². The average molecular weight is 251 g/mol. The van der Waals surface area contributed by atoms with Crippen molar-refractivity contribution in [2.45, 2.75) is 12.6 Å². The van der Waals surface area contributed by atoms with Crippen LogP contribution in [0.2, 0.25) is 0 Å². The Morgan fingerprint density at radius 2 is 2.28 bits per heavy atom. The lowest BCUT2D eigenvalue weighted by Gasteiger charge is -2.33. The fourth-order valence-corrected chi connectivity index (χ4v) is 2.14. The molecule has 1 aliphatic heterocycles. The van der Waals surface area contributed by atoms with E-state index in [2.05, 4.69) is 5.32 Å². The Kier molecular flexibility index (Phi) is 4.11. The van der Waals surface area contributed by atoms with Crippen LogP contribution in [0.15, 0.2) is 29.2 Å². The molecule has 0 bridgehead atoms. The summed E-state index contributed by atoms with van der Waals surface area (Å²) in [5, 5.41) is 12.2. The number of hydrogen-bond donors (Lipinski definition) is 2. The number of carbonyl (C=O) groups is 1. The summed E-state index contributed by atoms with van der Waals surface area (Å²) in [6.07, 6.45) is 1.72. The molecule has 1 aromatic rings. The number of piperazine rings is 1. The minimum atomic E-state index is -0.817. The first-order chi connectivity index (χ1) is 8.68. The molecule has 1 atom stereocenters. The fraction of sp³-hybridized carbons (Fsp3) is 0.500. The predicted octanol–water partition coefficient (Wildman–Crippen LogP) is -0.793. The molecule has 1 saturated heterocycles. The summed E-state index contributed by atoms with van der Waals surface area (Å²) in [7, 11) is 0. The second-order valence-electron chi connectivity index (χ2n) is 4.33. The van der Waals surface area contributed by atoms with Crippen LogP contribution in [0.5, 0.6) is 0 Å². The van der Waals surface area contributed by atoms with Crippen LogP contribution in [0.25, 0.3) is 0 Å². The topological polar surface area (TPSA) is 74.6 Å². The van der Waals surface area contributed by atoms with Crippen LogP contribution in [0.3, 0.4) is 0 Å². The third-order valence-corrected chi connectivity index (χ3v) is 3.17. The smallest absolute Gasteiger partial charge is 0.322 e. The molecule has 6 heteroatoms. The molecule has 0 aliphatic carbocycles. The van der Waals surface area contributed by atoms with E-state index >= 15 is 0 Å². The number of pyridine rings is 1. The van der Waals surface area contributed by atoms with Crippen LogP contribution in [-0.2, 0) is 11.3 Å². The zero-order chi connectivity index (χ0) is 13.0. The molecular weight excluding hydrogens is 234 g/mol. The van der Waals surface area contributed by atoms with Crippen molar-refractivity contribution in [1.82, 2.24) is 14.8 Å². The molecule has 0 aromatic carbocycles. The van der Waals surface area contributed by atoms with Gasteiger partial charge in [-0.15, -0.1) is 0 Å². The van der Waals surface area contributed by atoms with E-state index in [1.165, 1.54) is 6.07 Å². The second kappa shape index (κ2) is 5.79. The highest BCUT2D eigenvalue weighted by Gasteiger charge is 2.27. The molecule has 1 aromatic heterocycles. The second-order valence-corrected chi connectivity index (χ2v) is 4.33. The number of nitrogens with one attached hydrogen (secondary N) is 1. The summed E-state index contributed by atoms with van der Waals surface area (Å²) < 4.78 is 1.60. The zero-order valence-electron chi connectivity index (χ0n) is 10.1. The van der Waals surface area contributed by atoms with E-state index in [1.54, 1.807) is 22.9 Å². The summed E-state index contributed by atoms with van der Waals surface area (Å²) in [5.41, 5.74) is -0.0560. The normalized spacial score (nSPS) is 20.8. The van der Waals surface area contributed by atoms with Gasteiger partial charge in [-0.2, -0.15) is 0 Å². The molecule has 6 nitrogen and oxygen atoms in total. The number of carboxylic acids is 1. The fourth-order valence-electron chi connectivity index (χ4n) is 2.14. The number of carboxylic acid groups (broad SMARTS) is 1. The monoisotopic (exact) mass is 251 g/mol. The van der Waals surface area contributed by atoms with Gasteiger partial charge in [0.2, 0.25) is 0 Å². The average Bonchev–Trinajstić information content (AvgIpc) is 2.38. The maximum absolute atomic E-state index is 11.5. The van der Waals surface area contributed by atoms with Crippen molar-refractivity contribution in [2.24, 2.45) is 0 Å². The van der Waals surface area contributed by atoms with Gasteiger partial charge in [-0.1, -0.05) is 6.07 Å². The third kappa shape index (κ3) is 2.96. The summed E-state index contributed by atoms with van der Waals surface area (Å²) in [5.74, 6) is -0.817. The van der Waals surface area contributed by atoms with Gasteiger partial charge in [0.1, 0.15) is 6.04 Å². The minimum absolute atomic E-state index is 0.0560. The molecule has 0 saturated carbocycles. The van der Waals surface area contributed by atoms with Crippen molar-refractivity contribution >= 4 is 5.97 Å². The van der Waals surface area contributed by atoms with E-state index in [4.69, 9.17) is 5.11 Å². The van der Waals surface area contributed by atoms with Crippen LogP contribution in [0.4, 0.5) is 0 Å². The van der Waals surface area contributed by atoms with Crippen molar-refractivity contribution in [1.29, 1.82) is 0 Å². The highest BCUT2D eigenvalue weighted by Crippen LogP contribution is 2.03. The molecule has 0 amide bonds. The number of aromatic nitrogens is 1. The Hall–Kier alpha value is -1.66. The molecule has 1 unspecified atom stereocenters. The Balaban J connectivity index is 1.98. The van der Waals surface area contributed by atoms with E-state index in [9.17, 15) is 9.59 Å². The zero-order valence-corrected chi connectivity index (χ0v) is 10.1. The molecule has 1 fully saturated rings. The largest absolute Gasteiger partial charge is 0.480 e. The number of aliphatic carboxylic acids is 1. The first kappa shape index (κ1) is 12.8. The molecule has 18 heavy (non-hydrogen) atoms. The molecule has 0 spiro atoms. The highest BCUT2D eigenvalue weighted by molar-refractivity contribution is 5.73. The van der Waals surface area contributed by atoms with Gasteiger partial charge in [-0.3, -0.25) is 14.5 Å². The molecule has 2 rings (SSSR count). The van der Waals surface area contributed by atoms with Crippen molar-refractivity contribution in [2.75, 3.05) is 26.2 Å². The van der Waals surface area contributed by atoms with E-state index in [1.807, 2.05) is 4.90 Å². The Bertz CT molecular complexity index is 472. The van der Waals surface area contributed by atoms with Crippen molar-refractivity contribution < 1.29 is 9.90 Å². The lowest BCUT2D eigenvalue weighted by atomic mass is 10.2.